The van der Waals surface area contributed by atoms with Crippen molar-refractivity contribution in [1.82, 2.24) is 9.55 Å². The predicted molar refractivity (Wildman–Crippen MR) is 62.3 cm³/mol. The number of hydrogen-bond donors (Lipinski definition) is 2. The van der Waals surface area contributed by atoms with Crippen molar-refractivity contribution in [3.05, 3.63) is 22.7 Å². The maximum atomic E-state index is 11.5. The first-order chi connectivity index (χ1) is 6.15. The van der Waals surface area contributed by atoms with Gasteiger partial charge >= 0.3 is 0 Å². The summed E-state index contributed by atoms with van der Waals surface area (Å²) in [4.78, 5) is 15.3. The first-order valence-corrected chi connectivity index (χ1v) is 4.54. The molecule has 0 bridgehead atoms. The molecule has 0 unspecified atom stereocenters. The molecule has 3 N–H and O–H groups in total. The topological polar surface area (TPSA) is 84.8 Å². The van der Waals surface area contributed by atoms with Crippen LogP contribution in [0.5, 0.6) is 0 Å². The molecule has 0 saturated heterocycles. The zero-order chi connectivity index (χ0) is 9.84. The maximum absolute atomic E-state index is 11.5. The summed E-state index contributed by atoms with van der Waals surface area (Å²) in [5, 5.41) is 7.13. The highest BCUT2D eigenvalue weighted by Gasteiger charge is 2.05. The molecule has 1 rings (SSSR count). The van der Waals surface area contributed by atoms with E-state index >= 15 is 0 Å². The summed E-state index contributed by atoms with van der Waals surface area (Å²) < 4.78 is 1.51. The number of amidine groups is 1. The number of halogens is 1. The molecule has 1 aromatic heterocycles. The van der Waals surface area contributed by atoms with E-state index in [1.807, 2.05) is 6.92 Å². The van der Waals surface area contributed by atoms with Gasteiger partial charge in [-0.25, -0.2) is 4.98 Å². The molecule has 0 atom stereocenters. The summed E-state index contributed by atoms with van der Waals surface area (Å²) in [7, 11) is 0. The summed E-state index contributed by atoms with van der Waals surface area (Å²) in [6.07, 6.45) is 3.13. The number of aryl methyl sites for hydroxylation is 1. The number of hydrogen-bond acceptors (Lipinski definition) is 4. The van der Waals surface area contributed by atoms with Crippen LogP contribution in [0.1, 0.15) is 6.92 Å². The van der Waals surface area contributed by atoms with E-state index in [2.05, 4.69) is 4.98 Å². The molecule has 0 aliphatic carbocycles. The van der Waals surface area contributed by atoms with Crippen LogP contribution in [0.25, 0.3) is 0 Å². The molecule has 1 aromatic rings. The summed E-state index contributed by atoms with van der Waals surface area (Å²) in [6.45, 7) is 2.45. The second kappa shape index (κ2) is 5.82. The van der Waals surface area contributed by atoms with Crippen LogP contribution in [0.3, 0.4) is 0 Å². The highest BCUT2D eigenvalue weighted by atomic mass is 79.9. The zero-order valence-corrected chi connectivity index (χ0v) is 10.1. The minimum atomic E-state index is -0.204. The van der Waals surface area contributed by atoms with Crippen molar-refractivity contribution in [3.63, 3.8) is 0 Å². The Morgan fingerprint density at radius 3 is 2.93 bits per heavy atom. The first kappa shape index (κ1) is 13.2. The zero-order valence-electron chi connectivity index (χ0n) is 7.56. The number of nitrogens with zero attached hydrogens (tertiary/aromatic N) is 2. The molecule has 0 amide bonds. The predicted octanol–water partition coefficient (Wildman–Crippen LogP) is 0.827. The third-order valence-electron chi connectivity index (χ3n) is 1.43. The van der Waals surface area contributed by atoms with E-state index in [1.165, 1.54) is 10.8 Å². The highest BCUT2D eigenvalue weighted by Crippen LogP contribution is 2.07. The quantitative estimate of drug-likeness (QED) is 0.477. The number of nitrogens with two attached hydrogens (primary N) is 1. The average molecular weight is 279 g/mol. The normalized spacial score (nSPS) is 9.21. The van der Waals surface area contributed by atoms with Crippen molar-refractivity contribution >= 4 is 33.9 Å². The lowest BCUT2D eigenvalue weighted by atomic mass is 10.6. The largest absolute Gasteiger partial charge is 0.378 e. The lowest BCUT2D eigenvalue weighted by Gasteiger charge is -2.02. The van der Waals surface area contributed by atoms with Crippen molar-refractivity contribution < 1.29 is 0 Å². The van der Waals surface area contributed by atoms with E-state index in [1.54, 1.807) is 6.20 Å². The number of aromatic nitrogens is 2. The van der Waals surface area contributed by atoms with Gasteiger partial charge < -0.3 is 10.3 Å². The van der Waals surface area contributed by atoms with Gasteiger partial charge in [0, 0.05) is 18.9 Å². The Morgan fingerprint density at radius 2 is 2.43 bits per heavy atom. The van der Waals surface area contributed by atoms with Crippen LogP contribution in [0.4, 0.5) is 0 Å². The maximum Gasteiger partial charge on any atom is 0.283 e. The minimum absolute atomic E-state index is 0. The molecule has 5 nitrogen and oxygen atoms in total. The summed E-state index contributed by atoms with van der Waals surface area (Å²) >= 11 is 0.871. The van der Waals surface area contributed by atoms with Crippen LogP contribution >= 0.6 is 28.7 Å². The Labute approximate surface area is 96.0 Å². The molecule has 0 spiro atoms. The van der Waals surface area contributed by atoms with E-state index in [0.717, 1.165) is 11.8 Å². The van der Waals surface area contributed by atoms with Gasteiger partial charge in [0.1, 0.15) is 0 Å². The van der Waals surface area contributed by atoms with Crippen LogP contribution in [0.15, 0.2) is 22.2 Å². The van der Waals surface area contributed by atoms with Gasteiger partial charge in [-0.1, -0.05) is 0 Å². The first-order valence-electron chi connectivity index (χ1n) is 3.72. The molecule has 78 valence electrons. The van der Waals surface area contributed by atoms with E-state index in [-0.39, 0.29) is 32.7 Å². The third-order valence-corrected chi connectivity index (χ3v) is 2.12. The fraction of sp³-hybridized carbons (Fsp3) is 0.286. The Balaban J connectivity index is 0.00000169. The molecule has 14 heavy (non-hydrogen) atoms. The smallest absolute Gasteiger partial charge is 0.283 e. The molecular formula is C7H11BrN4OS. The van der Waals surface area contributed by atoms with Crippen molar-refractivity contribution in [2.75, 3.05) is 0 Å². The Morgan fingerprint density at radius 1 is 1.79 bits per heavy atom. The fourth-order valence-electron chi connectivity index (χ4n) is 0.850. The Bertz CT molecular complexity index is 378. The van der Waals surface area contributed by atoms with Gasteiger partial charge in [0.05, 0.1) is 0 Å². The Kier molecular flexibility index (Phi) is 5.47. The lowest BCUT2D eigenvalue weighted by Crippen LogP contribution is -2.22. The second-order valence-corrected chi connectivity index (χ2v) is 3.32. The highest BCUT2D eigenvalue weighted by molar-refractivity contribution is 8.93. The number of nitrogens with one attached hydrogen (secondary N) is 1. The van der Waals surface area contributed by atoms with Gasteiger partial charge in [-0.3, -0.25) is 10.2 Å². The number of rotatable bonds is 2. The van der Waals surface area contributed by atoms with Crippen molar-refractivity contribution in [2.24, 2.45) is 5.73 Å². The molecule has 0 fully saturated rings. The molecule has 0 aliphatic rings. The van der Waals surface area contributed by atoms with E-state index in [0.29, 0.717) is 6.54 Å². The van der Waals surface area contributed by atoms with E-state index in [9.17, 15) is 4.79 Å². The van der Waals surface area contributed by atoms with Crippen LogP contribution in [-0.2, 0) is 6.54 Å². The van der Waals surface area contributed by atoms with Crippen LogP contribution < -0.4 is 11.3 Å². The monoisotopic (exact) mass is 278 g/mol. The van der Waals surface area contributed by atoms with Crippen LogP contribution in [-0.4, -0.2) is 14.7 Å². The van der Waals surface area contributed by atoms with Crippen molar-refractivity contribution in [3.8, 4) is 0 Å². The minimum Gasteiger partial charge on any atom is -0.378 e. The van der Waals surface area contributed by atoms with Gasteiger partial charge in [0.25, 0.3) is 5.56 Å². The van der Waals surface area contributed by atoms with Gasteiger partial charge in [0.2, 0.25) is 0 Å². The van der Waals surface area contributed by atoms with Gasteiger partial charge in [-0.2, -0.15) is 0 Å². The van der Waals surface area contributed by atoms with E-state index < -0.39 is 0 Å². The second-order valence-electron chi connectivity index (χ2n) is 2.29. The molecule has 7 heteroatoms. The molecule has 0 aromatic carbocycles. The van der Waals surface area contributed by atoms with E-state index in [4.69, 9.17) is 11.1 Å². The van der Waals surface area contributed by atoms with Crippen LogP contribution in [0.2, 0.25) is 0 Å². The molecule has 0 aliphatic heterocycles. The standard InChI is InChI=1S/C7H10N4OS.BrH/c1-2-11-4-3-10-5(6(11)12)13-7(8)9;/h3-4H,2H2,1H3,(H3,8,9);1H. The third kappa shape index (κ3) is 3.15. The SMILES string of the molecule is Br.CCn1ccnc(SC(=N)N)c1=O. The summed E-state index contributed by atoms with van der Waals surface area (Å²) in [5.74, 6) is 0. The Hall–Kier alpha value is -0.820. The fourth-order valence-corrected chi connectivity index (χ4v) is 1.38. The lowest BCUT2D eigenvalue weighted by molar-refractivity contribution is 0.693. The molecule has 1 heterocycles. The summed E-state index contributed by atoms with van der Waals surface area (Å²) in [6, 6.07) is 0. The van der Waals surface area contributed by atoms with Crippen LogP contribution in [0, 0.1) is 5.41 Å². The number of thioether (sulfide) groups is 1. The average Bonchev–Trinajstić information content (AvgIpc) is 2.08. The van der Waals surface area contributed by atoms with Crippen molar-refractivity contribution in [2.45, 2.75) is 18.5 Å². The molecular weight excluding hydrogens is 268 g/mol. The van der Waals surface area contributed by atoms with Gasteiger partial charge in [-0.15, -0.1) is 17.0 Å². The van der Waals surface area contributed by atoms with Gasteiger partial charge in [-0.05, 0) is 18.7 Å². The van der Waals surface area contributed by atoms with Gasteiger partial charge in [0.15, 0.2) is 10.2 Å². The molecule has 0 radical (unpaired) electrons. The van der Waals surface area contributed by atoms with Crippen molar-refractivity contribution in [1.29, 1.82) is 5.41 Å². The summed E-state index contributed by atoms with van der Waals surface area (Å²) in [5.41, 5.74) is 4.94. The molecule has 0 saturated carbocycles.